The Hall–Kier alpha value is -1.55. The lowest BCUT2D eigenvalue weighted by molar-refractivity contribution is -0.122. The van der Waals surface area contributed by atoms with Gasteiger partial charge in [-0.05, 0) is 50.4 Å². The molecule has 1 fully saturated rings. The predicted octanol–water partition coefficient (Wildman–Crippen LogP) is 1.83. The SMILES string of the molecule is Cc1cccc(OCCN(C)CC(=O)NCC2CC2)c1. The van der Waals surface area contributed by atoms with E-state index in [0.29, 0.717) is 13.2 Å². The molecule has 0 bridgehead atoms. The molecular weight excluding hydrogens is 252 g/mol. The summed E-state index contributed by atoms with van der Waals surface area (Å²) >= 11 is 0. The monoisotopic (exact) mass is 276 g/mol. The van der Waals surface area contributed by atoms with Crippen molar-refractivity contribution in [3.05, 3.63) is 29.8 Å². The third-order valence-electron chi connectivity index (χ3n) is 3.43. The van der Waals surface area contributed by atoms with Gasteiger partial charge in [0.15, 0.2) is 0 Å². The highest BCUT2D eigenvalue weighted by Crippen LogP contribution is 2.27. The fourth-order valence-corrected chi connectivity index (χ4v) is 1.98. The number of aryl methyl sites for hydroxylation is 1. The number of ether oxygens (including phenoxy) is 1. The van der Waals surface area contributed by atoms with E-state index in [0.717, 1.165) is 24.8 Å². The van der Waals surface area contributed by atoms with Gasteiger partial charge in [0.1, 0.15) is 12.4 Å². The van der Waals surface area contributed by atoms with Crippen molar-refractivity contribution >= 4 is 5.91 Å². The highest BCUT2D eigenvalue weighted by atomic mass is 16.5. The summed E-state index contributed by atoms with van der Waals surface area (Å²) < 4.78 is 5.67. The average Bonchev–Trinajstić information content (AvgIpc) is 3.20. The Labute approximate surface area is 121 Å². The Bertz CT molecular complexity index is 444. The van der Waals surface area contributed by atoms with Gasteiger partial charge >= 0.3 is 0 Å². The molecule has 1 N–H and O–H groups in total. The molecule has 0 radical (unpaired) electrons. The van der Waals surface area contributed by atoms with E-state index in [9.17, 15) is 4.79 Å². The van der Waals surface area contributed by atoms with Crippen LogP contribution in [0.1, 0.15) is 18.4 Å². The Balaban J connectivity index is 1.59. The largest absolute Gasteiger partial charge is 0.492 e. The molecular formula is C16H24N2O2. The molecule has 4 nitrogen and oxygen atoms in total. The molecule has 1 aliphatic carbocycles. The maximum atomic E-state index is 11.7. The first kappa shape index (κ1) is 14.9. The highest BCUT2D eigenvalue weighted by molar-refractivity contribution is 5.77. The van der Waals surface area contributed by atoms with E-state index in [1.807, 2.05) is 43.1 Å². The molecule has 0 spiro atoms. The maximum absolute atomic E-state index is 11.7. The first-order chi connectivity index (χ1) is 9.63. The van der Waals surface area contributed by atoms with Crippen molar-refractivity contribution in [2.75, 3.05) is 33.3 Å². The number of likely N-dealkylation sites (N-methyl/N-ethyl adjacent to an activating group) is 1. The Morgan fingerprint density at radius 1 is 1.45 bits per heavy atom. The fraction of sp³-hybridized carbons (Fsp3) is 0.562. The third kappa shape index (κ3) is 5.61. The fourth-order valence-electron chi connectivity index (χ4n) is 1.98. The minimum Gasteiger partial charge on any atom is -0.492 e. The summed E-state index contributed by atoms with van der Waals surface area (Å²) in [6.45, 7) is 4.65. The van der Waals surface area contributed by atoms with Crippen LogP contribution in [0.4, 0.5) is 0 Å². The van der Waals surface area contributed by atoms with Gasteiger partial charge in [-0.2, -0.15) is 0 Å². The van der Waals surface area contributed by atoms with Gasteiger partial charge in [-0.25, -0.2) is 0 Å². The van der Waals surface area contributed by atoms with Crippen LogP contribution in [0.2, 0.25) is 0 Å². The van der Waals surface area contributed by atoms with Gasteiger partial charge in [0.25, 0.3) is 0 Å². The number of carbonyl (C=O) groups is 1. The number of nitrogens with one attached hydrogen (secondary N) is 1. The van der Waals surface area contributed by atoms with Crippen molar-refractivity contribution in [1.82, 2.24) is 10.2 Å². The predicted molar refractivity (Wildman–Crippen MR) is 79.9 cm³/mol. The van der Waals surface area contributed by atoms with Crippen LogP contribution in [0.15, 0.2) is 24.3 Å². The molecule has 4 heteroatoms. The summed E-state index contributed by atoms with van der Waals surface area (Å²) in [4.78, 5) is 13.7. The Morgan fingerprint density at radius 2 is 2.25 bits per heavy atom. The van der Waals surface area contributed by atoms with Crippen LogP contribution in [-0.4, -0.2) is 44.1 Å². The molecule has 110 valence electrons. The summed E-state index contributed by atoms with van der Waals surface area (Å²) in [7, 11) is 1.94. The second-order valence-electron chi connectivity index (χ2n) is 5.65. The Kier molecular flexibility index (Phi) is 5.41. The van der Waals surface area contributed by atoms with Crippen molar-refractivity contribution in [2.45, 2.75) is 19.8 Å². The number of hydrogen-bond acceptors (Lipinski definition) is 3. The summed E-state index contributed by atoms with van der Waals surface area (Å²) in [5.41, 5.74) is 1.19. The number of amides is 1. The van der Waals surface area contributed by atoms with Crippen LogP contribution >= 0.6 is 0 Å². The lowest BCUT2D eigenvalue weighted by Crippen LogP contribution is -2.37. The third-order valence-corrected chi connectivity index (χ3v) is 3.43. The molecule has 0 atom stereocenters. The first-order valence-electron chi connectivity index (χ1n) is 7.28. The topological polar surface area (TPSA) is 41.6 Å². The molecule has 20 heavy (non-hydrogen) atoms. The minimum absolute atomic E-state index is 0.106. The molecule has 1 aliphatic rings. The molecule has 2 rings (SSSR count). The zero-order chi connectivity index (χ0) is 14.4. The van der Waals surface area contributed by atoms with Crippen LogP contribution < -0.4 is 10.1 Å². The normalized spacial score (nSPS) is 14.3. The van der Waals surface area contributed by atoms with Crippen LogP contribution in [0.5, 0.6) is 5.75 Å². The standard InChI is InChI=1S/C16H24N2O2/c1-13-4-3-5-15(10-13)20-9-8-18(2)12-16(19)17-11-14-6-7-14/h3-5,10,14H,6-9,11-12H2,1-2H3,(H,17,19). The second-order valence-corrected chi connectivity index (χ2v) is 5.65. The zero-order valence-corrected chi connectivity index (χ0v) is 12.4. The maximum Gasteiger partial charge on any atom is 0.234 e. The van der Waals surface area contributed by atoms with Crippen molar-refractivity contribution in [2.24, 2.45) is 5.92 Å². The number of benzene rings is 1. The van der Waals surface area contributed by atoms with Crippen LogP contribution in [0.25, 0.3) is 0 Å². The van der Waals surface area contributed by atoms with Crippen LogP contribution in [0.3, 0.4) is 0 Å². The molecule has 1 aromatic carbocycles. The van der Waals surface area contributed by atoms with E-state index in [1.54, 1.807) is 0 Å². The van der Waals surface area contributed by atoms with E-state index in [4.69, 9.17) is 4.74 Å². The number of carbonyl (C=O) groups excluding carboxylic acids is 1. The molecule has 0 aliphatic heterocycles. The molecule has 1 saturated carbocycles. The van der Waals surface area contributed by atoms with Gasteiger partial charge in [0.2, 0.25) is 5.91 Å². The average molecular weight is 276 g/mol. The number of rotatable bonds is 8. The molecule has 1 amide bonds. The smallest absolute Gasteiger partial charge is 0.234 e. The van der Waals surface area contributed by atoms with Crippen molar-refractivity contribution in [3.63, 3.8) is 0 Å². The summed E-state index contributed by atoms with van der Waals surface area (Å²) in [6.07, 6.45) is 2.53. The van der Waals surface area contributed by atoms with Crippen molar-refractivity contribution in [3.8, 4) is 5.75 Å². The van der Waals surface area contributed by atoms with Gasteiger partial charge in [0.05, 0.1) is 6.54 Å². The molecule has 0 unspecified atom stereocenters. The van der Waals surface area contributed by atoms with Crippen molar-refractivity contribution in [1.29, 1.82) is 0 Å². The highest BCUT2D eigenvalue weighted by Gasteiger charge is 2.21. The summed E-state index contributed by atoms with van der Waals surface area (Å²) in [5.74, 6) is 1.72. The van der Waals surface area contributed by atoms with Gasteiger partial charge in [-0.3, -0.25) is 9.69 Å². The lowest BCUT2D eigenvalue weighted by Gasteiger charge is -2.16. The molecule has 0 saturated heterocycles. The number of nitrogens with zero attached hydrogens (tertiary/aromatic N) is 1. The van der Waals surface area contributed by atoms with E-state index in [2.05, 4.69) is 5.32 Å². The van der Waals surface area contributed by atoms with Gasteiger partial charge < -0.3 is 10.1 Å². The van der Waals surface area contributed by atoms with Gasteiger partial charge in [-0.1, -0.05) is 12.1 Å². The lowest BCUT2D eigenvalue weighted by atomic mass is 10.2. The van der Waals surface area contributed by atoms with E-state index < -0.39 is 0 Å². The van der Waals surface area contributed by atoms with E-state index in [1.165, 1.54) is 18.4 Å². The van der Waals surface area contributed by atoms with Gasteiger partial charge in [-0.15, -0.1) is 0 Å². The first-order valence-corrected chi connectivity index (χ1v) is 7.28. The van der Waals surface area contributed by atoms with E-state index >= 15 is 0 Å². The Morgan fingerprint density at radius 3 is 2.95 bits per heavy atom. The van der Waals surface area contributed by atoms with Crippen molar-refractivity contribution < 1.29 is 9.53 Å². The molecule has 1 aromatic rings. The van der Waals surface area contributed by atoms with Crippen LogP contribution in [0, 0.1) is 12.8 Å². The summed E-state index contributed by atoms with van der Waals surface area (Å²) in [6, 6.07) is 8.00. The molecule has 0 aromatic heterocycles. The van der Waals surface area contributed by atoms with Crippen LogP contribution in [-0.2, 0) is 4.79 Å². The van der Waals surface area contributed by atoms with E-state index in [-0.39, 0.29) is 5.91 Å². The molecule has 0 heterocycles. The summed E-state index contributed by atoms with van der Waals surface area (Å²) in [5, 5.41) is 2.97. The quantitative estimate of drug-likeness (QED) is 0.787. The van der Waals surface area contributed by atoms with Gasteiger partial charge in [0, 0.05) is 13.1 Å². The minimum atomic E-state index is 0.106. The number of hydrogen-bond donors (Lipinski definition) is 1. The zero-order valence-electron chi connectivity index (χ0n) is 12.4. The second kappa shape index (κ2) is 7.29.